The number of rotatable bonds is 13. The Morgan fingerprint density at radius 1 is 0.690 bits per heavy atom. The Morgan fingerprint density at radius 2 is 0.931 bits per heavy atom. The summed E-state index contributed by atoms with van der Waals surface area (Å²) in [5.74, 6) is -5.82. The Bertz CT molecular complexity index is 490. The molecule has 0 aliphatic heterocycles. The zero-order valence-corrected chi connectivity index (χ0v) is 18.4. The number of hydrogen-bond donors (Lipinski definition) is 6. The average Bonchev–Trinajstić information content (AvgIpc) is 2.49. The molecule has 1 radical (unpaired) electrons. The standard InChI is InChI=1S/C10H16N2O8.C5H11NO2.Eu/c13-7(14)3-11(4-8(15)16)1-2-12(5-9(17)18)6-10(19)20;1-3(2)4(6)5(7)8;/h1-6H2,(H,13,14)(H,15,16)(H,17,18)(H,19,20);3-4H,6H2,1-2H3,(H,7,8);/t;4-;/m.0./s1. The Hall–Kier alpha value is -1.19. The second-order valence-corrected chi connectivity index (χ2v) is 6.10. The molecule has 0 spiro atoms. The van der Waals surface area contributed by atoms with Crippen molar-refractivity contribution in [2.24, 2.45) is 11.7 Å². The van der Waals surface area contributed by atoms with Crippen molar-refractivity contribution >= 4 is 29.8 Å². The summed E-state index contributed by atoms with van der Waals surface area (Å²) in [6, 6.07) is -0.713. The van der Waals surface area contributed by atoms with Gasteiger partial charge in [-0.1, -0.05) is 13.8 Å². The van der Waals surface area contributed by atoms with Crippen LogP contribution in [0.5, 0.6) is 0 Å². The molecule has 0 aromatic rings. The Labute approximate surface area is 208 Å². The van der Waals surface area contributed by atoms with E-state index in [-0.39, 0.29) is 68.4 Å². The summed E-state index contributed by atoms with van der Waals surface area (Å²) in [5, 5.41) is 42.7. The molecule has 169 valence electrons. The van der Waals surface area contributed by atoms with Crippen molar-refractivity contribution in [2.75, 3.05) is 39.3 Å². The van der Waals surface area contributed by atoms with Crippen molar-refractivity contribution in [3.8, 4) is 0 Å². The molecule has 0 bridgehead atoms. The first-order valence-electron chi connectivity index (χ1n) is 8.06. The van der Waals surface area contributed by atoms with E-state index in [4.69, 9.17) is 31.3 Å². The number of nitrogens with zero attached hydrogens (tertiary/aromatic N) is 2. The molecule has 14 heteroatoms. The molecule has 0 aliphatic carbocycles. The van der Waals surface area contributed by atoms with Gasteiger partial charge in [-0.3, -0.25) is 33.8 Å². The van der Waals surface area contributed by atoms with Gasteiger partial charge in [-0.05, 0) is 5.92 Å². The number of hydrogen-bond acceptors (Lipinski definition) is 8. The van der Waals surface area contributed by atoms with Crippen LogP contribution in [0.3, 0.4) is 0 Å². The van der Waals surface area contributed by atoms with Gasteiger partial charge in [0.15, 0.2) is 0 Å². The topological polar surface area (TPSA) is 219 Å². The van der Waals surface area contributed by atoms with Gasteiger partial charge in [-0.15, -0.1) is 0 Å². The fourth-order valence-electron chi connectivity index (χ4n) is 1.76. The molecule has 0 aromatic heterocycles. The zero-order valence-electron chi connectivity index (χ0n) is 16.0. The van der Waals surface area contributed by atoms with Crippen molar-refractivity contribution in [3.63, 3.8) is 0 Å². The van der Waals surface area contributed by atoms with E-state index in [0.717, 1.165) is 9.80 Å². The average molecular weight is 561 g/mol. The van der Waals surface area contributed by atoms with Crippen molar-refractivity contribution in [3.05, 3.63) is 0 Å². The fraction of sp³-hybridized carbons (Fsp3) is 0.667. The van der Waals surface area contributed by atoms with Gasteiger partial charge in [-0.25, -0.2) is 0 Å². The molecule has 0 amide bonds. The van der Waals surface area contributed by atoms with E-state index in [2.05, 4.69) is 0 Å². The molecule has 1 atom stereocenters. The molecular formula is C15H27EuN3O10. The van der Waals surface area contributed by atoms with Crippen LogP contribution in [-0.2, 0) is 24.0 Å². The molecule has 0 unspecified atom stereocenters. The first-order chi connectivity index (χ1) is 12.8. The number of aliphatic carboxylic acids is 5. The van der Waals surface area contributed by atoms with Crippen LogP contribution in [0.4, 0.5) is 0 Å². The molecule has 0 saturated carbocycles. The maximum atomic E-state index is 10.6. The van der Waals surface area contributed by atoms with Crippen LogP contribution >= 0.6 is 0 Å². The number of carboxylic acids is 5. The molecular weight excluding hydrogens is 534 g/mol. The molecule has 0 rings (SSSR count). The minimum atomic E-state index is -1.23. The molecule has 29 heavy (non-hydrogen) atoms. The maximum absolute atomic E-state index is 10.6. The van der Waals surface area contributed by atoms with Gasteiger partial charge in [0.25, 0.3) is 0 Å². The maximum Gasteiger partial charge on any atom is 0.320 e. The SMILES string of the molecule is CC(C)[C@H](N)C(=O)O.O=C(O)CN(CCN(CC(=O)O)CC(=O)O)CC(=O)O.[Eu]. The van der Waals surface area contributed by atoms with Gasteiger partial charge in [0.2, 0.25) is 0 Å². The monoisotopic (exact) mass is 562 g/mol. The van der Waals surface area contributed by atoms with E-state index >= 15 is 0 Å². The smallest absolute Gasteiger partial charge is 0.320 e. The summed E-state index contributed by atoms with van der Waals surface area (Å²) in [5.41, 5.74) is 5.16. The van der Waals surface area contributed by atoms with Gasteiger partial charge in [-0.2, -0.15) is 0 Å². The Balaban J connectivity index is -0.000000636. The molecule has 0 heterocycles. The van der Waals surface area contributed by atoms with Gasteiger partial charge < -0.3 is 31.3 Å². The van der Waals surface area contributed by atoms with Crippen LogP contribution in [0.2, 0.25) is 0 Å². The van der Waals surface area contributed by atoms with E-state index in [1.807, 2.05) is 0 Å². The van der Waals surface area contributed by atoms with E-state index in [1.165, 1.54) is 0 Å². The van der Waals surface area contributed by atoms with Crippen LogP contribution in [-0.4, -0.2) is 110 Å². The molecule has 13 nitrogen and oxygen atoms in total. The van der Waals surface area contributed by atoms with Crippen LogP contribution < -0.4 is 5.73 Å². The minimum Gasteiger partial charge on any atom is -0.480 e. The van der Waals surface area contributed by atoms with Crippen molar-refractivity contribution < 1.29 is 98.9 Å². The number of carboxylic acid groups (broad SMARTS) is 5. The van der Waals surface area contributed by atoms with Crippen LogP contribution in [0.1, 0.15) is 13.8 Å². The predicted octanol–water partition coefficient (Wildman–Crippen LogP) is -2.02. The number of carbonyl (C=O) groups is 5. The van der Waals surface area contributed by atoms with Crippen molar-refractivity contribution in [1.82, 2.24) is 9.80 Å². The zero-order chi connectivity index (χ0) is 22.4. The van der Waals surface area contributed by atoms with E-state index in [1.54, 1.807) is 13.8 Å². The molecule has 0 saturated heterocycles. The summed E-state index contributed by atoms with van der Waals surface area (Å²) in [6.45, 7) is 1.30. The van der Waals surface area contributed by atoms with E-state index in [9.17, 15) is 24.0 Å². The van der Waals surface area contributed by atoms with Gasteiger partial charge in [0.1, 0.15) is 6.04 Å². The minimum absolute atomic E-state index is 0. The van der Waals surface area contributed by atoms with Crippen LogP contribution in [0.25, 0.3) is 0 Å². The molecule has 7 N–H and O–H groups in total. The predicted molar refractivity (Wildman–Crippen MR) is 93.9 cm³/mol. The van der Waals surface area contributed by atoms with Crippen LogP contribution in [0.15, 0.2) is 0 Å². The third-order valence-corrected chi connectivity index (χ3v) is 3.17. The second-order valence-electron chi connectivity index (χ2n) is 6.10. The quantitative estimate of drug-likeness (QED) is 0.143. The molecule has 0 aromatic carbocycles. The Morgan fingerprint density at radius 3 is 1.03 bits per heavy atom. The van der Waals surface area contributed by atoms with E-state index in [0.29, 0.717) is 0 Å². The van der Waals surface area contributed by atoms with Gasteiger partial charge >= 0.3 is 29.8 Å². The normalized spacial score (nSPS) is 11.2. The second kappa shape index (κ2) is 17.7. The fourth-order valence-corrected chi connectivity index (χ4v) is 1.76. The van der Waals surface area contributed by atoms with Gasteiger partial charge in [0, 0.05) is 62.5 Å². The van der Waals surface area contributed by atoms with Crippen molar-refractivity contribution in [1.29, 1.82) is 0 Å². The van der Waals surface area contributed by atoms with Crippen LogP contribution in [0, 0.1) is 55.3 Å². The largest absolute Gasteiger partial charge is 0.480 e. The first-order valence-corrected chi connectivity index (χ1v) is 8.06. The first kappa shape index (κ1) is 32.5. The molecule has 0 aliphatic rings. The summed E-state index contributed by atoms with van der Waals surface area (Å²) in [6.07, 6.45) is 0. The summed E-state index contributed by atoms with van der Waals surface area (Å²) in [4.78, 5) is 54.4. The summed E-state index contributed by atoms with van der Waals surface area (Å²) < 4.78 is 0. The third kappa shape index (κ3) is 21.3. The van der Waals surface area contributed by atoms with Gasteiger partial charge in [0.05, 0.1) is 26.2 Å². The van der Waals surface area contributed by atoms with Crippen molar-refractivity contribution in [2.45, 2.75) is 19.9 Å². The summed E-state index contributed by atoms with van der Waals surface area (Å²) in [7, 11) is 0. The van der Waals surface area contributed by atoms with E-state index < -0.39 is 62.1 Å². The third-order valence-electron chi connectivity index (χ3n) is 3.17. The molecule has 0 fully saturated rings. The summed E-state index contributed by atoms with van der Waals surface area (Å²) >= 11 is 0. The Kier molecular flexibility index (Phi) is 19.8. The number of nitrogens with two attached hydrogens (primary N) is 1.